The van der Waals surface area contributed by atoms with Crippen LogP contribution in [0.2, 0.25) is 0 Å². The molecular weight excluding hydrogens is 344 g/mol. The molecule has 0 aliphatic carbocycles. The molecule has 7 nitrogen and oxygen atoms in total. The minimum atomic E-state index is -3.71. The lowest BCUT2D eigenvalue weighted by Gasteiger charge is -2.12. The van der Waals surface area contributed by atoms with Gasteiger partial charge in [-0.3, -0.25) is 0 Å². The first-order valence-corrected chi connectivity index (χ1v) is 8.41. The van der Waals surface area contributed by atoms with Gasteiger partial charge in [-0.05, 0) is 31.2 Å². The zero-order valence-corrected chi connectivity index (χ0v) is 15.1. The Balaban J connectivity index is 0.00000484. The molecule has 0 atom stereocenters. The van der Waals surface area contributed by atoms with Gasteiger partial charge in [0.15, 0.2) is 0 Å². The van der Waals surface area contributed by atoms with Gasteiger partial charge in [-0.25, -0.2) is 17.9 Å². The molecule has 0 heterocycles. The summed E-state index contributed by atoms with van der Waals surface area (Å²) in [6.45, 7) is 3.67. The Bertz CT molecular complexity index is 607. The highest BCUT2D eigenvalue weighted by atomic mass is 35.5. The van der Waals surface area contributed by atoms with Gasteiger partial charge in [-0.15, -0.1) is 12.4 Å². The Labute approximate surface area is 143 Å². The number of nitrogens with one attached hydrogen (secondary N) is 2. The van der Waals surface area contributed by atoms with Gasteiger partial charge in [0.25, 0.3) is 0 Å². The Morgan fingerprint density at radius 2 is 1.87 bits per heavy atom. The number of halogens is 1. The quantitative estimate of drug-likeness (QED) is 0.503. The maximum Gasteiger partial charge on any atom is 0.337 e. The van der Waals surface area contributed by atoms with E-state index in [2.05, 4.69) is 14.8 Å². The van der Waals surface area contributed by atoms with E-state index in [0.717, 1.165) is 13.0 Å². The second kappa shape index (κ2) is 10.4. The summed E-state index contributed by atoms with van der Waals surface area (Å²) < 4.78 is 36.7. The molecule has 0 amide bonds. The number of esters is 1. The third kappa shape index (κ3) is 6.34. The maximum absolute atomic E-state index is 12.3. The van der Waals surface area contributed by atoms with Gasteiger partial charge in [0.2, 0.25) is 10.0 Å². The normalized spacial score (nSPS) is 10.7. The van der Waals surface area contributed by atoms with Gasteiger partial charge in [-0.1, -0.05) is 6.92 Å². The van der Waals surface area contributed by atoms with Gasteiger partial charge in [0.05, 0.1) is 19.8 Å². The van der Waals surface area contributed by atoms with Crippen LogP contribution in [-0.2, 0) is 14.8 Å². The van der Waals surface area contributed by atoms with Gasteiger partial charge in [-0.2, -0.15) is 0 Å². The Morgan fingerprint density at radius 1 is 1.17 bits per heavy atom. The van der Waals surface area contributed by atoms with Crippen LogP contribution in [0.5, 0.6) is 5.75 Å². The highest BCUT2D eigenvalue weighted by molar-refractivity contribution is 7.89. The first kappa shape index (κ1) is 21.6. The second-order valence-corrected chi connectivity index (χ2v) is 6.24. The second-order valence-electron chi connectivity index (χ2n) is 4.50. The van der Waals surface area contributed by atoms with E-state index in [-0.39, 0.29) is 35.2 Å². The summed E-state index contributed by atoms with van der Waals surface area (Å²) in [4.78, 5) is 11.4. The van der Waals surface area contributed by atoms with Crippen molar-refractivity contribution in [3.63, 3.8) is 0 Å². The summed E-state index contributed by atoms with van der Waals surface area (Å²) in [5.41, 5.74) is 0.225. The van der Waals surface area contributed by atoms with Gasteiger partial charge in [0.1, 0.15) is 10.6 Å². The zero-order valence-electron chi connectivity index (χ0n) is 13.4. The summed E-state index contributed by atoms with van der Waals surface area (Å²) in [5, 5.41) is 3.10. The zero-order chi connectivity index (χ0) is 16.6. The van der Waals surface area contributed by atoms with Crippen LogP contribution in [0.4, 0.5) is 0 Å². The molecule has 0 saturated heterocycles. The van der Waals surface area contributed by atoms with E-state index in [1.165, 1.54) is 32.4 Å². The predicted molar refractivity (Wildman–Crippen MR) is 89.9 cm³/mol. The SMILES string of the molecule is CCCNCCNS(=O)(=O)c1ccc(C(=O)OC)cc1OC.Cl. The van der Waals surface area contributed by atoms with Crippen molar-refractivity contribution in [2.45, 2.75) is 18.2 Å². The van der Waals surface area contributed by atoms with Crippen molar-refractivity contribution >= 4 is 28.4 Å². The van der Waals surface area contributed by atoms with Gasteiger partial charge in [0, 0.05) is 13.1 Å². The molecule has 0 radical (unpaired) electrons. The molecular formula is C14H23ClN2O5S. The average molecular weight is 367 g/mol. The number of methoxy groups -OCH3 is 2. The molecule has 132 valence electrons. The number of carbonyl (C=O) groups excluding carboxylic acids is 1. The topological polar surface area (TPSA) is 93.7 Å². The van der Waals surface area contributed by atoms with E-state index >= 15 is 0 Å². The summed E-state index contributed by atoms with van der Waals surface area (Å²) >= 11 is 0. The van der Waals surface area contributed by atoms with Crippen molar-refractivity contribution in [2.24, 2.45) is 0 Å². The van der Waals surface area contributed by atoms with Crippen LogP contribution in [-0.4, -0.2) is 48.2 Å². The number of sulfonamides is 1. The fraction of sp³-hybridized carbons (Fsp3) is 0.500. The summed E-state index contributed by atoms with van der Waals surface area (Å²) in [6, 6.07) is 4.06. The molecule has 0 fully saturated rings. The average Bonchev–Trinajstić information content (AvgIpc) is 2.53. The molecule has 0 spiro atoms. The highest BCUT2D eigenvalue weighted by Crippen LogP contribution is 2.25. The lowest BCUT2D eigenvalue weighted by Crippen LogP contribution is -2.32. The molecule has 0 aliphatic rings. The van der Waals surface area contributed by atoms with E-state index in [1.807, 2.05) is 6.92 Å². The Kier molecular flexibility index (Phi) is 9.82. The van der Waals surface area contributed by atoms with Crippen molar-refractivity contribution in [3.8, 4) is 5.75 Å². The fourth-order valence-corrected chi connectivity index (χ4v) is 2.97. The van der Waals surface area contributed by atoms with Crippen molar-refractivity contribution in [2.75, 3.05) is 33.9 Å². The first-order chi connectivity index (χ1) is 10.5. The smallest absolute Gasteiger partial charge is 0.337 e. The summed E-state index contributed by atoms with van der Waals surface area (Å²) in [6.07, 6.45) is 0.982. The number of carbonyl (C=O) groups is 1. The van der Waals surface area contributed by atoms with E-state index in [9.17, 15) is 13.2 Å². The Hall–Kier alpha value is -1.35. The lowest BCUT2D eigenvalue weighted by molar-refractivity contribution is 0.0600. The number of benzene rings is 1. The largest absolute Gasteiger partial charge is 0.495 e. The van der Waals surface area contributed by atoms with Crippen molar-refractivity contribution in [3.05, 3.63) is 23.8 Å². The molecule has 2 N–H and O–H groups in total. The third-order valence-corrected chi connectivity index (χ3v) is 4.40. The number of rotatable bonds is 9. The summed E-state index contributed by atoms with van der Waals surface area (Å²) in [7, 11) is -1.11. The van der Waals surface area contributed by atoms with Crippen LogP contribution < -0.4 is 14.8 Å². The summed E-state index contributed by atoms with van der Waals surface area (Å²) in [5.74, 6) is -0.462. The monoisotopic (exact) mass is 366 g/mol. The first-order valence-electron chi connectivity index (χ1n) is 6.93. The van der Waals surface area contributed by atoms with Crippen LogP contribution in [0.25, 0.3) is 0 Å². The molecule has 1 aromatic rings. The Morgan fingerprint density at radius 3 is 2.43 bits per heavy atom. The number of ether oxygens (including phenoxy) is 2. The maximum atomic E-state index is 12.3. The predicted octanol–water partition coefficient (Wildman–Crippen LogP) is 1.18. The van der Waals surface area contributed by atoms with Crippen molar-refractivity contribution < 1.29 is 22.7 Å². The minimum absolute atomic E-state index is 0. The molecule has 0 aliphatic heterocycles. The number of hydrogen-bond acceptors (Lipinski definition) is 6. The van der Waals surface area contributed by atoms with Crippen LogP contribution >= 0.6 is 12.4 Å². The van der Waals surface area contributed by atoms with Crippen molar-refractivity contribution in [1.82, 2.24) is 10.0 Å². The molecule has 0 unspecified atom stereocenters. The van der Waals surface area contributed by atoms with E-state index in [1.54, 1.807) is 0 Å². The van der Waals surface area contributed by atoms with Crippen LogP contribution in [0, 0.1) is 0 Å². The molecule has 0 saturated carbocycles. The molecule has 0 aromatic heterocycles. The van der Waals surface area contributed by atoms with Gasteiger partial charge >= 0.3 is 5.97 Å². The van der Waals surface area contributed by atoms with E-state index < -0.39 is 16.0 Å². The van der Waals surface area contributed by atoms with Crippen LogP contribution in [0.3, 0.4) is 0 Å². The van der Waals surface area contributed by atoms with Gasteiger partial charge < -0.3 is 14.8 Å². The van der Waals surface area contributed by atoms with Crippen molar-refractivity contribution in [1.29, 1.82) is 0 Å². The molecule has 23 heavy (non-hydrogen) atoms. The molecule has 1 aromatic carbocycles. The molecule has 1 rings (SSSR count). The standard InChI is InChI=1S/C14H22N2O5S.ClH/c1-4-7-15-8-9-16-22(18,19)13-6-5-11(14(17)21-3)10-12(13)20-2;/h5-6,10,15-16H,4,7-9H2,1-3H3;1H. The van der Waals surface area contributed by atoms with Crippen LogP contribution in [0.1, 0.15) is 23.7 Å². The van der Waals surface area contributed by atoms with E-state index in [4.69, 9.17) is 4.74 Å². The number of hydrogen-bond donors (Lipinski definition) is 2. The third-order valence-electron chi connectivity index (χ3n) is 2.89. The minimum Gasteiger partial charge on any atom is -0.495 e. The molecule has 9 heteroatoms. The lowest BCUT2D eigenvalue weighted by atomic mass is 10.2. The fourth-order valence-electron chi connectivity index (χ4n) is 1.79. The molecule has 0 bridgehead atoms. The highest BCUT2D eigenvalue weighted by Gasteiger charge is 2.20. The van der Waals surface area contributed by atoms with E-state index in [0.29, 0.717) is 6.54 Å². The van der Waals surface area contributed by atoms with Crippen LogP contribution in [0.15, 0.2) is 23.1 Å².